The molecule has 0 spiro atoms. The third-order valence-corrected chi connectivity index (χ3v) is 9.61. The van der Waals surface area contributed by atoms with Crippen molar-refractivity contribution < 1.29 is 13.2 Å². The molecule has 0 saturated carbocycles. The minimum atomic E-state index is -3.82. The van der Waals surface area contributed by atoms with Crippen molar-refractivity contribution >= 4 is 27.6 Å². The maximum atomic E-state index is 13.6. The first-order chi connectivity index (χ1) is 17.5. The molecular weight excluding hydrogens is 488 g/mol. The van der Waals surface area contributed by atoms with Gasteiger partial charge in [-0.05, 0) is 41.0 Å². The van der Waals surface area contributed by atoms with Crippen molar-refractivity contribution in [3.8, 4) is 11.1 Å². The summed E-state index contributed by atoms with van der Waals surface area (Å²) in [6, 6.07) is 32.1. The number of thioether (sulfide) groups is 1. The van der Waals surface area contributed by atoms with Crippen LogP contribution in [-0.4, -0.2) is 41.2 Å². The molecular formula is C29H26N2O3S2. The third-order valence-electron chi connectivity index (χ3n) is 6.34. The molecule has 36 heavy (non-hydrogen) atoms. The topological polar surface area (TPSA) is 67.3 Å². The van der Waals surface area contributed by atoms with E-state index >= 15 is 0 Å². The molecule has 0 unspecified atom stereocenters. The molecule has 0 amide bonds. The Morgan fingerprint density at radius 3 is 2.17 bits per heavy atom. The second-order valence-electron chi connectivity index (χ2n) is 8.62. The van der Waals surface area contributed by atoms with E-state index in [0.29, 0.717) is 12.3 Å². The Labute approximate surface area is 216 Å². The molecule has 7 heteroatoms. The fraction of sp³-hybridized carbons (Fsp3) is 0.172. The molecule has 0 bridgehead atoms. The van der Waals surface area contributed by atoms with Gasteiger partial charge < -0.3 is 0 Å². The van der Waals surface area contributed by atoms with Gasteiger partial charge in [0, 0.05) is 36.5 Å². The summed E-state index contributed by atoms with van der Waals surface area (Å²) in [4.78, 5) is 18.3. The van der Waals surface area contributed by atoms with E-state index in [1.165, 1.54) is 16.1 Å². The van der Waals surface area contributed by atoms with Crippen molar-refractivity contribution in [2.75, 3.05) is 12.3 Å². The number of hydrogen-bond donors (Lipinski definition) is 0. The summed E-state index contributed by atoms with van der Waals surface area (Å²) in [5, 5.41) is -0.751. The molecule has 0 N–H and O–H groups in total. The first kappa shape index (κ1) is 24.4. The van der Waals surface area contributed by atoms with Gasteiger partial charge in [0.15, 0.2) is 5.78 Å². The van der Waals surface area contributed by atoms with E-state index in [4.69, 9.17) is 0 Å². The highest BCUT2D eigenvalue weighted by molar-refractivity contribution is 8.02. The quantitative estimate of drug-likeness (QED) is 0.306. The van der Waals surface area contributed by atoms with Crippen LogP contribution in [0.3, 0.4) is 0 Å². The highest BCUT2D eigenvalue weighted by atomic mass is 32.2. The number of sulfonamides is 1. The predicted molar refractivity (Wildman–Crippen MR) is 144 cm³/mol. The Kier molecular flexibility index (Phi) is 7.32. The molecule has 182 valence electrons. The van der Waals surface area contributed by atoms with Crippen LogP contribution in [0.1, 0.15) is 23.6 Å². The maximum Gasteiger partial charge on any atom is 0.244 e. The Balaban J connectivity index is 1.38. The van der Waals surface area contributed by atoms with Gasteiger partial charge in [-0.15, -0.1) is 11.8 Å². The molecule has 3 aromatic carbocycles. The van der Waals surface area contributed by atoms with Gasteiger partial charge in [-0.3, -0.25) is 9.78 Å². The lowest BCUT2D eigenvalue weighted by Gasteiger charge is -2.24. The van der Waals surface area contributed by atoms with Crippen molar-refractivity contribution in [3.63, 3.8) is 0 Å². The average molecular weight is 515 g/mol. The van der Waals surface area contributed by atoms with Crippen molar-refractivity contribution in [2.24, 2.45) is 0 Å². The number of Topliss-reactive ketones (excluding diaryl/α,β-unsaturated/α-hetero) is 1. The number of carbonyl (C=O) groups is 1. The summed E-state index contributed by atoms with van der Waals surface area (Å²) in [7, 11) is -3.82. The number of hydrogen-bond acceptors (Lipinski definition) is 5. The monoisotopic (exact) mass is 514 g/mol. The Morgan fingerprint density at radius 1 is 0.861 bits per heavy atom. The maximum absolute atomic E-state index is 13.6. The predicted octanol–water partition coefficient (Wildman–Crippen LogP) is 5.60. The zero-order chi connectivity index (χ0) is 25.0. The average Bonchev–Trinajstić information content (AvgIpc) is 3.45. The van der Waals surface area contributed by atoms with Crippen LogP contribution in [-0.2, 0) is 14.8 Å². The number of carbonyl (C=O) groups excluding carboxylic acids is 1. The van der Waals surface area contributed by atoms with E-state index < -0.39 is 15.4 Å². The zero-order valence-electron chi connectivity index (χ0n) is 19.6. The van der Waals surface area contributed by atoms with Crippen LogP contribution < -0.4 is 0 Å². The molecule has 1 saturated heterocycles. The van der Waals surface area contributed by atoms with Crippen molar-refractivity contribution in [2.45, 2.75) is 22.6 Å². The van der Waals surface area contributed by atoms with Gasteiger partial charge >= 0.3 is 0 Å². The molecule has 5 nitrogen and oxygen atoms in total. The Bertz CT molecular complexity index is 1370. The first-order valence-corrected chi connectivity index (χ1v) is 14.3. The number of rotatable bonds is 8. The minimum Gasteiger partial charge on any atom is -0.297 e. The van der Waals surface area contributed by atoms with E-state index in [1.807, 2.05) is 91.0 Å². The number of aromatic nitrogens is 1. The molecule has 5 rings (SSSR count). The van der Waals surface area contributed by atoms with Gasteiger partial charge in [0.2, 0.25) is 10.0 Å². The summed E-state index contributed by atoms with van der Waals surface area (Å²) in [6.07, 6.45) is 1.90. The molecule has 1 aliphatic heterocycles. The van der Waals surface area contributed by atoms with Crippen LogP contribution in [0.2, 0.25) is 0 Å². The largest absolute Gasteiger partial charge is 0.297 e. The second-order valence-corrected chi connectivity index (χ2v) is 11.7. The third kappa shape index (κ3) is 5.14. The Morgan fingerprint density at radius 2 is 1.50 bits per heavy atom. The normalized spacial score (nSPS) is 17.1. The minimum absolute atomic E-state index is 0.110. The van der Waals surface area contributed by atoms with Crippen LogP contribution >= 0.6 is 11.8 Å². The van der Waals surface area contributed by atoms with Gasteiger partial charge in [-0.1, -0.05) is 78.9 Å². The molecule has 1 aromatic heterocycles. The lowest BCUT2D eigenvalue weighted by Crippen LogP contribution is -2.39. The van der Waals surface area contributed by atoms with Gasteiger partial charge in [-0.2, -0.15) is 4.31 Å². The number of nitrogens with zero attached hydrogens (tertiary/aromatic N) is 2. The van der Waals surface area contributed by atoms with Crippen LogP contribution in [0.4, 0.5) is 0 Å². The van der Waals surface area contributed by atoms with Crippen LogP contribution in [0.5, 0.6) is 0 Å². The smallest absolute Gasteiger partial charge is 0.244 e. The van der Waals surface area contributed by atoms with Gasteiger partial charge in [0.25, 0.3) is 0 Å². The number of benzene rings is 3. The molecule has 2 atom stereocenters. The van der Waals surface area contributed by atoms with Crippen molar-refractivity contribution in [1.82, 2.24) is 9.29 Å². The van der Waals surface area contributed by atoms with Crippen LogP contribution in [0.25, 0.3) is 11.1 Å². The van der Waals surface area contributed by atoms with Gasteiger partial charge in [-0.25, -0.2) is 8.42 Å². The first-order valence-electron chi connectivity index (χ1n) is 11.8. The van der Waals surface area contributed by atoms with Crippen molar-refractivity contribution in [3.05, 3.63) is 121 Å². The lowest BCUT2D eigenvalue weighted by molar-refractivity contribution is -0.120. The molecule has 0 radical (unpaired) electrons. The van der Waals surface area contributed by atoms with Crippen LogP contribution in [0, 0.1) is 0 Å². The molecule has 2 heterocycles. The standard InChI is InChI=1S/C29H26N2O3S2/c32-28(21-26(24-11-5-2-6-12-24)27-13-7-8-18-30-27)29-31(19-20-35-29)36(33,34)25-16-14-23(15-17-25)22-9-3-1-4-10-22/h1-18,26,29H,19-21H2/t26-,29+/m1/s1. The van der Waals surface area contributed by atoms with E-state index in [1.54, 1.807) is 18.3 Å². The van der Waals surface area contributed by atoms with E-state index in [-0.39, 0.29) is 23.0 Å². The van der Waals surface area contributed by atoms with Gasteiger partial charge in [0.05, 0.1) is 4.90 Å². The van der Waals surface area contributed by atoms with E-state index in [0.717, 1.165) is 22.4 Å². The highest BCUT2D eigenvalue weighted by Gasteiger charge is 2.40. The molecule has 1 aliphatic rings. The summed E-state index contributed by atoms with van der Waals surface area (Å²) in [5.41, 5.74) is 3.75. The summed E-state index contributed by atoms with van der Waals surface area (Å²) >= 11 is 1.39. The highest BCUT2D eigenvalue weighted by Crippen LogP contribution is 2.35. The molecule has 1 fully saturated rings. The fourth-order valence-electron chi connectivity index (χ4n) is 4.50. The van der Waals surface area contributed by atoms with E-state index in [9.17, 15) is 13.2 Å². The van der Waals surface area contributed by atoms with Crippen molar-refractivity contribution in [1.29, 1.82) is 0 Å². The second kappa shape index (κ2) is 10.8. The van der Waals surface area contributed by atoms with Crippen LogP contribution in [0.15, 0.2) is 114 Å². The fourth-order valence-corrected chi connectivity index (χ4v) is 7.67. The lowest BCUT2D eigenvalue weighted by atomic mass is 9.90. The van der Waals surface area contributed by atoms with E-state index in [2.05, 4.69) is 4.98 Å². The molecule has 4 aromatic rings. The zero-order valence-corrected chi connectivity index (χ0v) is 21.2. The molecule has 0 aliphatic carbocycles. The Hall–Kier alpha value is -3.26. The summed E-state index contributed by atoms with van der Waals surface area (Å²) in [5.74, 6) is 0.231. The summed E-state index contributed by atoms with van der Waals surface area (Å²) < 4.78 is 28.5. The van der Waals surface area contributed by atoms with Gasteiger partial charge in [0.1, 0.15) is 5.37 Å². The summed E-state index contributed by atoms with van der Waals surface area (Å²) in [6.45, 7) is 0.309. The number of pyridine rings is 1. The SMILES string of the molecule is O=C(C[C@H](c1ccccc1)c1ccccn1)[C@@H]1SCCN1S(=O)(=O)c1ccc(-c2ccccc2)cc1. The number of ketones is 1.